The third kappa shape index (κ3) is 15.4. The van der Waals surface area contributed by atoms with Gasteiger partial charge in [0, 0.05) is 78.9 Å². The van der Waals surface area contributed by atoms with Crippen LogP contribution in [-0.2, 0) is 86.4 Å². The number of unbranched alkanes of at least 4 members (excludes halogenated alkanes) is 1. The first kappa shape index (κ1) is 70.7. The van der Waals surface area contributed by atoms with E-state index in [9.17, 15) is 48.3 Å². The number of carbonyl (C=O) groups is 9. The van der Waals surface area contributed by atoms with Gasteiger partial charge in [-0.15, -0.1) is 0 Å². The topological polar surface area (TPSA) is 273 Å². The van der Waals surface area contributed by atoms with E-state index in [1.54, 1.807) is 36.1 Å². The molecule has 0 bridgehead atoms. The number of para-hydroxylation sites is 1. The molecular weight excluding hydrogens is 1210 g/mol. The van der Waals surface area contributed by atoms with Crippen LogP contribution in [0.25, 0.3) is 0 Å². The van der Waals surface area contributed by atoms with Crippen LogP contribution in [0.3, 0.4) is 0 Å². The predicted octanol–water partition coefficient (Wildman–Crippen LogP) is 8.04. The third-order valence-electron chi connectivity index (χ3n) is 20.1. The Morgan fingerprint density at radius 1 is 0.851 bits per heavy atom. The van der Waals surface area contributed by atoms with Crippen molar-refractivity contribution in [2.24, 2.45) is 40.2 Å². The van der Waals surface area contributed by atoms with Gasteiger partial charge in [-0.05, 0) is 110 Å². The highest BCUT2D eigenvalue weighted by molar-refractivity contribution is 6.01. The molecule has 3 aromatic rings. The number of nitrogens with two attached hydrogens (primary N) is 1. The Morgan fingerprint density at radius 2 is 1.56 bits per heavy atom. The molecule has 3 aromatic carbocycles. The summed E-state index contributed by atoms with van der Waals surface area (Å²) in [5.41, 5.74) is 2.93. The maximum Gasteiger partial charge on any atom is 0.308 e. The number of aliphatic hydroxyl groups excluding tert-OH is 1. The number of rotatable bonds is 32. The third-order valence-corrected chi connectivity index (χ3v) is 20.1. The second kappa shape index (κ2) is 30.9. The van der Waals surface area contributed by atoms with Gasteiger partial charge in [-0.2, -0.15) is 0 Å². The lowest BCUT2D eigenvalue weighted by molar-refractivity contribution is -0.235. The van der Waals surface area contributed by atoms with Crippen molar-refractivity contribution in [3.63, 3.8) is 0 Å². The minimum absolute atomic E-state index is 0.00109. The minimum atomic E-state index is -2.35. The number of benzene rings is 3. The van der Waals surface area contributed by atoms with E-state index >= 15 is 8.78 Å². The number of hydrogen-bond donors (Lipinski definition) is 4. The molecule has 94 heavy (non-hydrogen) atoms. The fraction of sp³-hybridized carbons (Fsp3) is 0.548. The SMILES string of the molecule is CCCC1O[C@@H]2C[C@H]3[C@@H]4C[C@H](F)C5=CC(=O)C=C[C@]5(C)[C@@]4(F)[C@@H](O)C[C@]3(C)[C@]2(C(=O)COCCC(=O)OCc2ccc(CC(=O)[C@H](CCCCC(N)=O)NC(=O)[C@@H](CC(=O)CCOCCNC(=O)CCC(=O)N3Cc4ccccc4C#Cc4ccccc43)C(C)C)cc2)O1. The van der Waals surface area contributed by atoms with E-state index in [0.717, 1.165) is 22.8 Å². The highest BCUT2D eigenvalue weighted by Gasteiger charge is 2.80. The molecule has 4 fully saturated rings. The summed E-state index contributed by atoms with van der Waals surface area (Å²) in [6, 6.07) is 20.9. The van der Waals surface area contributed by atoms with Crippen LogP contribution in [0.2, 0.25) is 0 Å². The molecule has 21 heteroatoms. The van der Waals surface area contributed by atoms with Gasteiger partial charge in [0.15, 0.2) is 34.9 Å². The average Bonchev–Trinajstić information content (AvgIpc) is 1.41. The molecule has 3 saturated carbocycles. The molecule has 504 valence electrons. The highest BCUT2D eigenvalue weighted by Crippen LogP contribution is 2.72. The van der Waals surface area contributed by atoms with Crippen molar-refractivity contribution >= 4 is 58.4 Å². The van der Waals surface area contributed by atoms with E-state index in [0.29, 0.717) is 49.0 Å². The lowest BCUT2D eigenvalue weighted by Gasteiger charge is -2.63. The molecule has 9 rings (SSSR count). The minimum Gasteiger partial charge on any atom is -0.461 e. The van der Waals surface area contributed by atoms with Crippen molar-refractivity contribution in [1.29, 1.82) is 0 Å². The van der Waals surface area contributed by atoms with E-state index in [1.807, 2.05) is 69.3 Å². The summed E-state index contributed by atoms with van der Waals surface area (Å²) < 4.78 is 64.0. The molecule has 1 saturated heterocycles. The summed E-state index contributed by atoms with van der Waals surface area (Å²) in [5.74, 6) is 0.0538. The maximum absolute atomic E-state index is 17.9. The fourth-order valence-corrected chi connectivity index (χ4v) is 15.0. The molecule has 2 heterocycles. The molecule has 4 amide bonds. The molecule has 19 nitrogen and oxygen atoms in total. The quantitative estimate of drug-likeness (QED) is 0.0262. The molecule has 0 radical (unpaired) electrons. The van der Waals surface area contributed by atoms with Crippen LogP contribution in [0.4, 0.5) is 14.5 Å². The van der Waals surface area contributed by atoms with Gasteiger partial charge in [-0.3, -0.25) is 43.2 Å². The summed E-state index contributed by atoms with van der Waals surface area (Å²) in [5, 5.41) is 17.6. The number of alkyl halides is 2. The van der Waals surface area contributed by atoms with Gasteiger partial charge >= 0.3 is 5.97 Å². The lowest BCUT2D eigenvalue weighted by atomic mass is 9.44. The number of nitrogens with zero attached hydrogens (tertiary/aromatic N) is 1. The number of ketones is 4. The van der Waals surface area contributed by atoms with Crippen LogP contribution < -0.4 is 21.3 Å². The standard InChI is InChI=1S/C73H88F2N4O15/c1-6-13-68-93-63-40-54-55-39-57(74)56-38-51(80)28-31-70(56,4)72(55,75)61(83)41-71(54,5)73(63,94-68)62(84)44-91-34-30-67(88)92-43-47-22-20-46(21-23-47)36-60(82)58(17-10-12-19-64(76)85)78-69(89)53(45(2)3)37-52(81)29-33-90-35-32-77-65(86)26-27-66(87)79-42-50-16-8-7-14-48(50)24-25-49-15-9-11-18-59(49)79/h7-9,11,14-16,18,20-23,28,31,38,45,53-55,57-58,61,63,68,83H,6,10,12-13,17,19,26-27,29-30,32-37,39-44H2,1-5H3,(H2,76,85)(H,77,86)(H,78,89)/t53-,54-,55-,57-,58-,61-,63+,68?,70-,71-,72-,73+/m0/s1. The number of amides is 4. The number of carbonyl (C=O) groups excluding carboxylic acids is 9. The highest BCUT2D eigenvalue weighted by atomic mass is 19.1. The van der Waals surface area contributed by atoms with Crippen LogP contribution in [0, 0.1) is 46.3 Å². The summed E-state index contributed by atoms with van der Waals surface area (Å²) in [7, 11) is 0. The maximum atomic E-state index is 17.9. The van der Waals surface area contributed by atoms with E-state index in [2.05, 4.69) is 22.5 Å². The first-order chi connectivity index (χ1) is 44.9. The average molecular weight is 1300 g/mol. The van der Waals surface area contributed by atoms with E-state index < -0.39 is 107 Å². The smallest absolute Gasteiger partial charge is 0.308 e. The normalized spacial score (nSPS) is 26.8. The van der Waals surface area contributed by atoms with Crippen molar-refractivity contribution in [3.05, 3.63) is 124 Å². The second-order valence-corrected chi connectivity index (χ2v) is 26.6. The number of halogens is 2. The Morgan fingerprint density at radius 3 is 2.31 bits per heavy atom. The largest absolute Gasteiger partial charge is 0.461 e. The zero-order valence-electron chi connectivity index (χ0n) is 54.4. The van der Waals surface area contributed by atoms with E-state index in [-0.39, 0.29) is 138 Å². The van der Waals surface area contributed by atoms with E-state index in [1.165, 1.54) is 19.1 Å². The number of aliphatic hydroxyl groups is 1. The molecule has 0 aromatic heterocycles. The van der Waals surface area contributed by atoms with Gasteiger partial charge in [0.2, 0.25) is 23.6 Å². The van der Waals surface area contributed by atoms with Gasteiger partial charge in [-0.25, -0.2) is 8.78 Å². The Hall–Kier alpha value is -7.61. The fourth-order valence-electron chi connectivity index (χ4n) is 15.0. The number of Topliss-reactive ketones (excluding diaryl/α,β-unsaturated/α-hetero) is 3. The summed E-state index contributed by atoms with van der Waals surface area (Å²) >= 11 is 0. The van der Waals surface area contributed by atoms with Crippen molar-refractivity contribution < 1.29 is 80.7 Å². The first-order valence-corrected chi connectivity index (χ1v) is 33.0. The van der Waals surface area contributed by atoms with Crippen LogP contribution in [0.15, 0.2) is 96.6 Å². The molecule has 0 spiro atoms. The summed E-state index contributed by atoms with van der Waals surface area (Å²) in [4.78, 5) is 121. The Bertz CT molecular complexity index is 3470. The zero-order chi connectivity index (χ0) is 67.5. The predicted molar refractivity (Wildman–Crippen MR) is 342 cm³/mol. The monoisotopic (exact) mass is 1300 g/mol. The molecule has 5 N–H and O–H groups in total. The van der Waals surface area contributed by atoms with Crippen LogP contribution in [0.1, 0.15) is 152 Å². The molecule has 6 aliphatic rings. The van der Waals surface area contributed by atoms with Crippen LogP contribution in [0.5, 0.6) is 0 Å². The van der Waals surface area contributed by atoms with Gasteiger partial charge in [0.05, 0.1) is 56.7 Å². The number of esters is 1. The van der Waals surface area contributed by atoms with Crippen LogP contribution >= 0.6 is 0 Å². The first-order valence-electron chi connectivity index (χ1n) is 33.0. The number of anilines is 1. The summed E-state index contributed by atoms with van der Waals surface area (Å²) in [6.07, 6.45) is 0.348. The molecule has 2 aliphatic heterocycles. The van der Waals surface area contributed by atoms with Crippen molar-refractivity contribution in [2.45, 2.75) is 186 Å². The number of ether oxygens (including phenoxy) is 5. The van der Waals surface area contributed by atoms with Gasteiger partial charge < -0.3 is 50.1 Å². The lowest BCUT2D eigenvalue weighted by Crippen LogP contribution is -2.71. The molecular formula is C73H88F2N4O15. The number of hydrogen-bond acceptors (Lipinski definition) is 15. The van der Waals surface area contributed by atoms with Gasteiger partial charge in [-0.1, -0.05) is 113 Å². The Kier molecular flexibility index (Phi) is 23.2. The van der Waals surface area contributed by atoms with Crippen molar-refractivity contribution in [2.75, 3.05) is 37.9 Å². The van der Waals surface area contributed by atoms with Crippen LogP contribution in [-0.4, -0.2) is 133 Å². The number of fused-ring (bicyclic) bond motifs is 9. The zero-order valence-corrected chi connectivity index (χ0v) is 54.4. The van der Waals surface area contributed by atoms with Gasteiger partial charge in [0.25, 0.3) is 0 Å². The second-order valence-electron chi connectivity index (χ2n) is 26.6. The number of allylic oxidation sites excluding steroid dienone is 4. The Balaban J connectivity index is 0.700. The number of nitrogens with one attached hydrogen (secondary N) is 2. The molecule has 12 atom stereocenters. The van der Waals surface area contributed by atoms with Gasteiger partial charge in [0.1, 0.15) is 25.2 Å². The van der Waals surface area contributed by atoms with Crippen molar-refractivity contribution in [1.82, 2.24) is 10.6 Å². The van der Waals surface area contributed by atoms with E-state index in [4.69, 9.17) is 29.4 Å². The molecule has 1 unspecified atom stereocenters. The Labute approximate surface area is 548 Å². The van der Waals surface area contributed by atoms with Crippen molar-refractivity contribution in [3.8, 4) is 11.8 Å². The summed E-state index contributed by atoms with van der Waals surface area (Å²) in [6.45, 7) is 8.70. The molecule has 4 aliphatic carbocycles. The number of primary amides is 1.